The molecular formula is C10H14O4. The Bertz CT molecular complexity index is 255. The molecule has 0 amide bonds. The Kier molecular flexibility index (Phi) is 4.52. The lowest BCUT2D eigenvalue weighted by atomic mass is 10.2. The van der Waals surface area contributed by atoms with Crippen LogP contribution in [0.25, 0.3) is 0 Å². The first-order valence-electron chi connectivity index (χ1n) is 4.46. The molecule has 1 rings (SSSR count). The maximum absolute atomic E-state index is 10.4. The van der Waals surface area contributed by atoms with Crippen LogP contribution in [0.3, 0.4) is 0 Å². The lowest BCUT2D eigenvalue weighted by molar-refractivity contribution is -0.105. The van der Waals surface area contributed by atoms with Crippen molar-refractivity contribution in [2.75, 3.05) is 19.8 Å². The summed E-state index contributed by atoms with van der Waals surface area (Å²) in [6, 6.07) is 0. The van der Waals surface area contributed by atoms with Crippen LogP contribution < -0.4 is 0 Å². The minimum absolute atomic E-state index is 0.115. The average molecular weight is 198 g/mol. The van der Waals surface area contributed by atoms with Crippen LogP contribution in [0.15, 0.2) is 23.3 Å². The fourth-order valence-electron chi connectivity index (χ4n) is 1.16. The highest BCUT2D eigenvalue weighted by Gasteiger charge is 2.08. The molecule has 0 saturated heterocycles. The minimum Gasteiger partial charge on any atom is -0.394 e. The van der Waals surface area contributed by atoms with Crippen LogP contribution in [0.1, 0.15) is 6.42 Å². The lowest BCUT2D eigenvalue weighted by Gasteiger charge is -2.08. The molecule has 14 heavy (non-hydrogen) atoms. The van der Waals surface area contributed by atoms with Crippen LogP contribution in [0, 0.1) is 0 Å². The van der Waals surface area contributed by atoms with Crippen LogP contribution in [0.5, 0.6) is 0 Å². The third-order valence-electron chi connectivity index (χ3n) is 1.92. The average Bonchev–Trinajstić information content (AvgIpc) is 2.65. The van der Waals surface area contributed by atoms with Gasteiger partial charge in [-0.15, -0.1) is 0 Å². The van der Waals surface area contributed by atoms with E-state index in [2.05, 4.69) is 0 Å². The van der Waals surface area contributed by atoms with Gasteiger partial charge in [-0.2, -0.15) is 0 Å². The number of aliphatic hydroxyl groups is 2. The van der Waals surface area contributed by atoms with E-state index in [0.717, 1.165) is 17.4 Å². The molecule has 0 aromatic rings. The summed E-state index contributed by atoms with van der Waals surface area (Å²) in [5.41, 5.74) is 1.75. The van der Waals surface area contributed by atoms with E-state index in [1.807, 2.05) is 6.08 Å². The van der Waals surface area contributed by atoms with Crippen LogP contribution in [0.2, 0.25) is 0 Å². The molecule has 0 fully saturated rings. The molecule has 1 atom stereocenters. The quantitative estimate of drug-likeness (QED) is 0.581. The number of aliphatic hydroxyl groups excluding tert-OH is 2. The molecule has 0 aromatic heterocycles. The monoisotopic (exact) mass is 198 g/mol. The molecule has 4 nitrogen and oxygen atoms in total. The summed E-state index contributed by atoms with van der Waals surface area (Å²) < 4.78 is 5.14. The molecule has 0 aromatic carbocycles. The van der Waals surface area contributed by atoms with Gasteiger partial charge in [0.15, 0.2) is 0 Å². The third-order valence-corrected chi connectivity index (χ3v) is 1.92. The maximum atomic E-state index is 10.4. The zero-order chi connectivity index (χ0) is 10.4. The first kappa shape index (κ1) is 11.1. The number of hydrogen-bond acceptors (Lipinski definition) is 4. The Morgan fingerprint density at radius 2 is 2.36 bits per heavy atom. The number of hydrogen-bond donors (Lipinski definition) is 2. The van der Waals surface area contributed by atoms with Gasteiger partial charge >= 0.3 is 0 Å². The molecule has 0 aliphatic heterocycles. The van der Waals surface area contributed by atoms with E-state index in [-0.39, 0.29) is 13.2 Å². The molecule has 2 N–H and O–H groups in total. The Morgan fingerprint density at radius 1 is 1.57 bits per heavy atom. The van der Waals surface area contributed by atoms with E-state index in [1.165, 1.54) is 0 Å². The smallest absolute Gasteiger partial charge is 0.146 e. The van der Waals surface area contributed by atoms with Crippen LogP contribution >= 0.6 is 0 Å². The zero-order valence-electron chi connectivity index (χ0n) is 7.85. The van der Waals surface area contributed by atoms with Crippen molar-refractivity contribution in [1.29, 1.82) is 0 Å². The van der Waals surface area contributed by atoms with E-state index >= 15 is 0 Å². The van der Waals surface area contributed by atoms with Gasteiger partial charge in [-0.05, 0) is 17.6 Å². The van der Waals surface area contributed by atoms with Crippen molar-refractivity contribution in [3.8, 4) is 0 Å². The molecule has 1 aliphatic carbocycles. The molecule has 1 aliphatic rings. The summed E-state index contributed by atoms with van der Waals surface area (Å²) in [6.45, 7) is 0.214. The maximum Gasteiger partial charge on any atom is 0.146 e. The highest BCUT2D eigenvalue weighted by Crippen LogP contribution is 2.16. The summed E-state index contributed by atoms with van der Waals surface area (Å²) in [5, 5.41) is 17.5. The highest BCUT2D eigenvalue weighted by atomic mass is 16.5. The molecule has 4 heteroatoms. The van der Waals surface area contributed by atoms with E-state index < -0.39 is 6.10 Å². The van der Waals surface area contributed by atoms with Crippen molar-refractivity contribution in [3.63, 3.8) is 0 Å². The molecular weight excluding hydrogens is 184 g/mol. The van der Waals surface area contributed by atoms with Crippen LogP contribution in [0.4, 0.5) is 0 Å². The number of carbonyl (C=O) groups is 1. The first-order valence-corrected chi connectivity index (χ1v) is 4.46. The van der Waals surface area contributed by atoms with Gasteiger partial charge in [-0.25, -0.2) is 0 Å². The number of aldehydes is 1. The summed E-state index contributed by atoms with van der Waals surface area (Å²) in [5.74, 6) is 0. The standard InChI is InChI=1S/C10H14O4/c11-4-8-1-2-9(3-8)6-14-7-10(13)5-12/h1-2,4,10,12-13H,3,5-7H2. The zero-order valence-corrected chi connectivity index (χ0v) is 7.85. The van der Waals surface area contributed by atoms with E-state index in [9.17, 15) is 4.79 Å². The van der Waals surface area contributed by atoms with Gasteiger partial charge in [0, 0.05) is 0 Å². The Labute approximate surface area is 82.5 Å². The normalized spacial score (nSPS) is 17.6. The largest absolute Gasteiger partial charge is 0.394 e. The number of carbonyl (C=O) groups excluding carboxylic acids is 1. The summed E-state index contributed by atoms with van der Waals surface area (Å²) in [4.78, 5) is 10.4. The molecule has 0 spiro atoms. The minimum atomic E-state index is -0.824. The van der Waals surface area contributed by atoms with Gasteiger partial charge in [-0.3, -0.25) is 4.79 Å². The Balaban J connectivity index is 2.13. The lowest BCUT2D eigenvalue weighted by Crippen LogP contribution is -2.20. The first-order chi connectivity index (χ1) is 6.76. The molecule has 0 radical (unpaired) electrons. The summed E-state index contributed by atoms with van der Waals surface area (Å²) in [6.07, 6.45) is 4.23. The van der Waals surface area contributed by atoms with Crippen molar-refractivity contribution in [2.45, 2.75) is 12.5 Å². The van der Waals surface area contributed by atoms with Crippen molar-refractivity contribution in [1.82, 2.24) is 0 Å². The summed E-state index contributed by atoms with van der Waals surface area (Å²) >= 11 is 0. The number of allylic oxidation sites excluding steroid dienone is 3. The molecule has 0 bridgehead atoms. The van der Waals surface area contributed by atoms with Crippen molar-refractivity contribution < 1.29 is 19.7 Å². The second kappa shape index (κ2) is 5.70. The number of rotatable bonds is 6. The van der Waals surface area contributed by atoms with Crippen molar-refractivity contribution >= 4 is 6.29 Å². The second-order valence-corrected chi connectivity index (χ2v) is 3.21. The molecule has 78 valence electrons. The van der Waals surface area contributed by atoms with Crippen LogP contribution in [-0.4, -0.2) is 42.4 Å². The van der Waals surface area contributed by atoms with E-state index in [0.29, 0.717) is 13.0 Å². The fraction of sp³-hybridized carbons (Fsp3) is 0.500. The predicted octanol–water partition coefficient (Wildman–Crippen LogP) is -0.188. The topological polar surface area (TPSA) is 66.8 Å². The molecule has 1 unspecified atom stereocenters. The van der Waals surface area contributed by atoms with E-state index in [1.54, 1.807) is 6.08 Å². The fourth-order valence-corrected chi connectivity index (χ4v) is 1.16. The molecule has 0 saturated carbocycles. The number of ether oxygens (including phenoxy) is 1. The SMILES string of the molecule is O=CC1=CC=C(COCC(O)CO)C1. The van der Waals surface area contributed by atoms with Gasteiger partial charge < -0.3 is 14.9 Å². The van der Waals surface area contributed by atoms with Gasteiger partial charge in [-0.1, -0.05) is 12.2 Å². The predicted molar refractivity (Wildman–Crippen MR) is 50.8 cm³/mol. The highest BCUT2D eigenvalue weighted by molar-refractivity contribution is 5.76. The van der Waals surface area contributed by atoms with E-state index in [4.69, 9.17) is 14.9 Å². The summed E-state index contributed by atoms with van der Waals surface area (Å²) in [7, 11) is 0. The van der Waals surface area contributed by atoms with Gasteiger partial charge in [0.25, 0.3) is 0 Å². The van der Waals surface area contributed by atoms with Crippen molar-refractivity contribution in [2.24, 2.45) is 0 Å². The third kappa shape index (κ3) is 3.41. The van der Waals surface area contributed by atoms with Gasteiger partial charge in [0.05, 0.1) is 19.8 Å². The second-order valence-electron chi connectivity index (χ2n) is 3.21. The van der Waals surface area contributed by atoms with Crippen LogP contribution in [-0.2, 0) is 9.53 Å². The Hall–Kier alpha value is -0.970. The van der Waals surface area contributed by atoms with Gasteiger partial charge in [0.2, 0.25) is 0 Å². The molecule has 0 heterocycles. The van der Waals surface area contributed by atoms with Gasteiger partial charge in [0.1, 0.15) is 12.4 Å². The van der Waals surface area contributed by atoms with Crippen molar-refractivity contribution in [3.05, 3.63) is 23.3 Å². The Morgan fingerprint density at radius 3 is 2.93 bits per heavy atom.